The van der Waals surface area contributed by atoms with Crippen molar-refractivity contribution in [1.29, 1.82) is 0 Å². The maximum atomic E-state index is 6.82. The number of furan rings is 3. The molecule has 0 amide bonds. The van der Waals surface area contributed by atoms with Crippen molar-refractivity contribution in [3.05, 3.63) is 158 Å². The lowest BCUT2D eigenvalue weighted by atomic mass is 9.86. The first-order chi connectivity index (χ1) is 24.3. The van der Waals surface area contributed by atoms with Gasteiger partial charge in [-0.05, 0) is 68.6 Å². The number of hydrogen-bond acceptors (Lipinski definition) is 3. The van der Waals surface area contributed by atoms with E-state index in [1.165, 1.54) is 32.7 Å². The molecule has 0 aliphatic rings. The first-order valence-electron chi connectivity index (χ1n) is 16.6. The average molecular weight is 627 g/mol. The van der Waals surface area contributed by atoms with Gasteiger partial charge in [0.05, 0.1) is 11.6 Å². The highest BCUT2D eigenvalue weighted by atomic mass is 16.3. The molecule has 0 spiro atoms. The topological polar surface area (TPSA) is 39.4 Å². The summed E-state index contributed by atoms with van der Waals surface area (Å²) in [6.07, 6.45) is 1.90. The molecule has 0 unspecified atom stereocenters. The number of para-hydroxylation sites is 2. The third kappa shape index (κ3) is 3.73. The van der Waals surface area contributed by atoms with Crippen molar-refractivity contribution in [2.45, 2.75) is 0 Å². The van der Waals surface area contributed by atoms with Gasteiger partial charge in [-0.2, -0.15) is 0 Å². The molecule has 0 aliphatic carbocycles. The molecule has 3 aromatic heterocycles. The molecule has 0 saturated heterocycles. The van der Waals surface area contributed by atoms with Gasteiger partial charge in [0.2, 0.25) is 0 Å². The van der Waals surface area contributed by atoms with E-state index in [2.05, 4.69) is 133 Å². The van der Waals surface area contributed by atoms with E-state index in [0.29, 0.717) is 0 Å². The molecule has 3 heteroatoms. The fourth-order valence-corrected chi connectivity index (χ4v) is 8.02. The monoisotopic (exact) mass is 626 g/mol. The second-order valence-corrected chi connectivity index (χ2v) is 12.8. The molecule has 8 aromatic carbocycles. The fourth-order valence-electron chi connectivity index (χ4n) is 8.02. The zero-order chi connectivity index (χ0) is 32.1. The Morgan fingerprint density at radius 3 is 1.73 bits per heavy atom. The second-order valence-electron chi connectivity index (χ2n) is 12.8. The van der Waals surface area contributed by atoms with Crippen LogP contribution in [0.3, 0.4) is 0 Å². The summed E-state index contributed by atoms with van der Waals surface area (Å²) < 4.78 is 19.4. The first-order valence-corrected chi connectivity index (χ1v) is 16.6. The smallest absolute Gasteiger partial charge is 0.147 e. The molecule has 3 heterocycles. The van der Waals surface area contributed by atoms with Crippen LogP contribution in [0.15, 0.2) is 171 Å². The Labute approximate surface area is 280 Å². The van der Waals surface area contributed by atoms with Gasteiger partial charge in [-0.1, -0.05) is 121 Å². The largest absolute Gasteiger partial charge is 0.464 e. The van der Waals surface area contributed by atoms with E-state index in [4.69, 9.17) is 13.3 Å². The lowest BCUT2D eigenvalue weighted by Crippen LogP contribution is -1.90. The van der Waals surface area contributed by atoms with E-state index in [-0.39, 0.29) is 0 Å². The van der Waals surface area contributed by atoms with Gasteiger partial charge in [0.15, 0.2) is 0 Å². The van der Waals surface area contributed by atoms with Crippen LogP contribution in [0.1, 0.15) is 0 Å². The molecule has 228 valence electrons. The Balaban J connectivity index is 1.17. The van der Waals surface area contributed by atoms with Gasteiger partial charge in [0.25, 0.3) is 0 Å². The van der Waals surface area contributed by atoms with Crippen molar-refractivity contribution in [2.75, 3.05) is 0 Å². The Morgan fingerprint density at radius 2 is 0.959 bits per heavy atom. The molecule has 0 aliphatic heterocycles. The van der Waals surface area contributed by atoms with Crippen LogP contribution in [0.25, 0.3) is 110 Å². The quantitative estimate of drug-likeness (QED) is 0.183. The summed E-state index contributed by atoms with van der Waals surface area (Å²) in [5.74, 6) is 0. The second kappa shape index (κ2) is 9.96. The Morgan fingerprint density at radius 1 is 0.327 bits per heavy atom. The van der Waals surface area contributed by atoms with E-state index in [9.17, 15) is 0 Å². The zero-order valence-corrected chi connectivity index (χ0v) is 26.2. The van der Waals surface area contributed by atoms with Crippen LogP contribution in [-0.2, 0) is 0 Å². The number of hydrogen-bond donors (Lipinski definition) is 0. The minimum absolute atomic E-state index is 0.824. The lowest BCUT2D eigenvalue weighted by molar-refractivity contribution is 0.617. The molecular formula is C46H26O3. The van der Waals surface area contributed by atoms with Crippen molar-refractivity contribution in [2.24, 2.45) is 0 Å². The minimum atomic E-state index is 0.824. The average Bonchev–Trinajstić information content (AvgIpc) is 3.87. The van der Waals surface area contributed by atoms with Gasteiger partial charge >= 0.3 is 0 Å². The van der Waals surface area contributed by atoms with Crippen LogP contribution in [0.5, 0.6) is 0 Å². The highest BCUT2D eigenvalue weighted by Gasteiger charge is 2.22. The summed E-state index contributed by atoms with van der Waals surface area (Å²) in [6, 6.07) is 53.3. The maximum Gasteiger partial charge on any atom is 0.147 e. The van der Waals surface area contributed by atoms with Crippen molar-refractivity contribution in [1.82, 2.24) is 0 Å². The minimum Gasteiger partial charge on any atom is -0.464 e. The molecular weight excluding hydrogens is 601 g/mol. The van der Waals surface area contributed by atoms with Crippen LogP contribution in [-0.4, -0.2) is 0 Å². The summed E-state index contributed by atoms with van der Waals surface area (Å²) in [4.78, 5) is 0. The first kappa shape index (κ1) is 26.5. The predicted molar refractivity (Wildman–Crippen MR) is 202 cm³/mol. The standard InChI is InChI=1S/C46H26O3/c1-2-11-27(12-3-1)29-18-10-19-37-44-40(48-45(29)37)24-23-36-31-22-21-28(25-41(31)49-46(36)44)42-32-14-4-6-16-34(32)43(35-17-7-5-15-33(35)42)38-26-47-39-20-9-8-13-30(38)39/h1-26H. The maximum absolute atomic E-state index is 6.82. The normalized spacial score (nSPS) is 12.1. The summed E-state index contributed by atoms with van der Waals surface area (Å²) in [6.45, 7) is 0. The van der Waals surface area contributed by atoms with Crippen LogP contribution in [0, 0.1) is 0 Å². The van der Waals surface area contributed by atoms with Gasteiger partial charge in [0, 0.05) is 38.2 Å². The molecule has 0 radical (unpaired) electrons. The molecule has 0 atom stereocenters. The molecule has 3 nitrogen and oxygen atoms in total. The third-order valence-corrected chi connectivity index (χ3v) is 10.2. The van der Waals surface area contributed by atoms with Crippen molar-refractivity contribution in [3.8, 4) is 33.4 Å². The highest BCUT2D eigenvalue weighted by Crippen LogP contribution is 2.47. The van der Waals surface area contributed by atoms with Crippen LogP contribution < -0.4 is 0 Å². The lowest BCUT2D eigenvalue weighted by Gasteiger charge is -2.17. The number of fused-ring (bicyclic) bond motifs is 10. The molecule has 0 saturated carbocycles. The zero-order valence-electron chi connectivity index (χ0n) is 26.2. The molecule has 0 bridgehead atoms. The van der Waals surface area contributed by atoms with E-state index in [1.807, 2.05) is 24.5 Å². The highest BCUT2D eigenvalue weighted by molar-refractivity contribution is 6.25. The van der Waals surface area contributed by atoms with Gasteiger partial charge < -0.3 is 13.3 Å². The summed E-state index contributed by atoms with van der Waals surface area (Å²) in [5.41, 5.74) is 11.1. The van der Waals surface area contributed by atoms with Crippen molar-refractivity contribution < 1.29 is 13.3 Å². The predicted octanol–water partition coefficient (Wildman–Crippen LogP) is 13.5. The SMILES string of the molecule is c1ccc(-c2cccc3c2oc2ccc4c5ccc(-c6c7ccccc7c(-c7coc8ccccc78)c7ccccc67)cc5oc4c23)cc1. The molecule has 0 fully saturated rings. The number of benzene rings is 8. The van der Waals surface area contributed by atoms with Gasteiger partial charge in [-0.25, -0.2) is 0 Å². The molecule has 11 aromatic rings. The molecule has 11 rings (SSSR count). The molecule has 0 N–H and O–H groups in total. The van der Waals surface area contributed by atoms with Crippen LogP contribution >= 0.6 is 0 Å². The van der Waals surface area contributed by atoms with Crippen molar-refractivity contribution >= 4 is 76.4 Å². The van der Waals surface area contributed by atoms with Gasteiger partial charge in [-0.15, -0.1) is 0 Å². The van der Waals surface area contributed by atoms with Gasteiger partial charge in [-0.3, -0.25) is 0 Å². The summed E-state index contributed by atoms with van der Waals surface area (Å²) in [7, 11) is 0. The van der Waals surface area contributed by atoms with E-state index >= 15 is 0 Å². The van der Waals surface area contributed by atoms with Crippen LogP contribution in [0.2, 0.25) is 0 Å². The van der Waals surface area contributed by atoms with E-state index in [1.54, 1.807) is 0 Å². The Hall–Kier alpha value is -6.58. The van der Waals surface area contributed by atoms with Crippen molar-refractivity contribution in [3.63, 3.8) is 0 Å². The van der Waals surface area contributed by atoms with Crippen LogP contribution in [0.4, 0.5) is 0 Å². The van der Waals surface area contributed by atoms with E-state index < -0.39 is 0 Å². The van der Waals surface area contributed by atoms with Gasteiger partial charge in [0.1, 0.15) is 27.9 Å². The number of rotatable bonds is 3. The summed E-state index contributed by atoms with van der Waals surface area (Å²) >= 11 is 0. The summed E-state index contributed by atoms with van der Waals surface area (Å²) in [5, 5.41) is 10.1. The Kier molecular flexibility index (Phi) is 5.38. The molecule has 49 heavy (non-hydrogen) atoms. The van der Waals surface area contributed by atoms with E-state index in [0.717, 1.165) is 77.1 Å². The fraction of sp³-hybridized carbons (Fsp3) is 0. The Bertz CT molecular complexity index is 3040. The third-order valence-electron chi connectivity index (χ3n) is 10.2.